The second-order valence-electron chi connectivity index (χ2n) is 4.04. The summed E-state index contributed by atoms with van der Waals surface area (Å²) in [7, 11) is 0. The number of carbonyl (C=O) groups is 1. The standard InChI is InChI=1S/C13H11N5O/c14-12-10(6-19)13(17-7-16-12)18-9-1-2-11-8(5-9)3-4-15-11/h1-7,15H,(H3,14,16,17,18). The number of H-pyrrole nitrogens is 1. The van der Waals surface area contributed by atoms with Gasteiger partial charge in [0.2, 0.25) is 0 Å². The molecule has 2 aromatic heterocycles. The largest absolute Gasteiger partial charge is 0.383 e. The van der Waals surface area contributed by atoms with Crippen LogP contribution in [0.1, 0.15) is 10.4 Å². The molecule has 0 amide bonds. The van der Waals surface area contributed by atoms with Gasteiger partial charge in [0.15, 0.2) is 6.29 Å². The lowest BCUT2D eigenvalue weighted by Gasteiger charge is -2.08. The van der Waals surface area contributed by atoms with E-state index in [1.54, 1.807) is 0 Å². The highest BCUT2D eigenvalue weighted by molar-refractivity contribution is 5.90. The number of carbonyl (C=O) groups excluding carboxylic acids is 1. The summed E-state index contributed by atoms with van der Waals surface area (Å²) in [5, 5.41) is 4.14. The van der Waals surface area contributed by atoms with E-state index in [2.05, 4.69) is 20.3 Å². The third-order valence-electron chi connectivity index (χ3n) is 2.85. The Kier molecular flexibility index (Phi) is 2.60. The van der Waals surface area contributed by atoms with Crippen molar-refractivity contribution in [2.75, 3.05) is 11.1 Å². The first-order valence-electron chi connectivity index (χ1n) is 5.68. The Labute approximate surface area is 108 Å². The molecule has 94 valence electrons. The Balaban J connectivity index is 2.00. The van der Waals surface area contributed by atoms with Crippen LogP contribution in [0.15, 0.2) is 36.8 Å². The molecule has 0 saturated heterocycles. The van der Waals surface area contributed by atoms with Gasteiger partial charge in [-0.3, -0.25) is 4.79 Å². The normalized spacial score (nSPS) is 10.5. The molecular weight excluding hydrogens is 242 g/mol. The van der Waals surface area contributed by atoms with Crippen LogP contribution in [0, 0.1) is 0 Å². The lowest BCUT2D eigenvalue weighted by Crippen LogP contribution is -2.04. The monoisotopic (exact) mass is 253 g/mol. The fourth-order valence-corrected chi connectivity index (χ4v) is 1.89. The SMILES string of the molecule is Nc1ncnc(Nc2ccc3[nH]ccc3c2)c1C=O. The van der Waals surface area contributed by atoms with Gasteiger partial charge in [-0.2, -0.15) is 0 Å². The van der Waals surface area contributed by atoms with Crippen molar-refractivity contribution in [3.63, 3.8) is 0 Å². The van der Waals surface area contributed by atoms with Crippen LogP contribution in [0.25, 0.3) is 10.9 Å². The molecule has 6 nitrogen and oxygen atoms in total. The zero-order chi connectivity index (χ0) is 13.2. The van der Waals surface area contributed by atoms with Crippen LogP contribution in [-0.4, -0.2) is 21.2 Å². The average Bonchev–Trinajstić information content (AvgIpc) is 2.86. The van der Waals surface area contributed by atoms with Gasteiger partial charge in [-0.05, 0) is 24.3 Å². The van der Waals surface area contributed by atoms with Crippen molar-refractivity contribution < 1.29 is 4.79 Å². The van der Waals surface area contributed by atoms with Crippen molar-refractivity contribution in [1.82, 2.24) is 15.0 Å². The van der Waals surface area contributed by atoms with E-state index in [1.165, 1.54) is 6.33 Å². The summed E-state index contributed by atoms with van der Waals surface area (Å²) in [5.74, 6) is 0.563. The minimum atomic E-state index is 0.162. The van der Waals surface area contributed by atoms with Crippen LogP contribution in [0.4, 0.5) is 17.3 Å². The molecule has 0 radical (unpaired) electrons. The van der Waals surface area contributed by atoms with E-state index >= 15 is 0 Å². The second kappa shape index (κ2) is 4.41. The minimum absolute atomic E-state index is 0.162. The molecule has 0 bridgehead atoms. The molecule has 4 N–H and O–H groups in total. The van der Waals surface area contributed by atoms with Gasteiger partial charge in [-0.15, -0.1) is 0 Å². The molecule has 3 aromatic rings. The highest BCUT2D eigenvalue weighted by Gasteiger charge is 2.08. The summed E-state index contributed by atoms with van der Waals surface area (Å²) >= 11 is 0. The van der Waals surface area contributed by atoms with Gasteiger partial charge in [0.1, 0.15) is 18.0 Å². The van der Waals surface area contributed by atoms with E-state index < -0.39 is 0 Å². The molecule has 0 saturated carbocycles. The van der Waals surface area contributed by atoms with Crippen LogP contribution < -0.4 is 11.1 Å². The maximum atomic E-state index is 11.0. The van der Waals surface area contributed by atoms with Gasteiger partial charge in [0.05, 0.1) is 5.56 Å². The first-order valence-corrected chi connectivity index (χ1v) is 5.68. The van der Waals surface area contributed by atoms with Crippen molar-refractivity contribution in [1.29, 1.82) is 0 Å². The molecule has 2 heterocycles. The van der Waals surface area contributed by atoms with Crippen molar-refractivity contribution in [2.45, 2.75) is 0 Å². The number of rotatable bonds is 3. The molecule has 0 atom stereocenters. The van der Waals surface area contributed by atoms with Crippen LogP contribution in [0.2, 0.25) is 0 Å². The molecule has 1 aromatic carbocycles. The molecule has 0 unspecified atom stereocenters. The van der Waals surface area contributed by atoms with E-state index in [0.717, 1.165) is 16.6 Å². The third kappa shape index (κ3) is 1.99. The lowest BCUT2D eigenvalue weighted by molar-refractivity contribution is 0.112. The number of fused-ring (bicyclic) bond motifs is 1. The third-order valence-corrected chi connectivity index (χ3v) is 2.85. The Morgan fingerprint density at radius 1 is 1.26 bits per heavy atom. The van der Waals surface area contributed by atoms with E-state index in [-0.39, 0.29) is 11.4 Å². The number of anilines is 3. The first-order chi connectivity index (χ1) is 9.28. The van der Waals surface area contributed by atoms with Gasteiger partial charge >= 0.3 is 0 Å². The molecule has 0 aliphatic heterocycles. The summed E-state index contributed by atoms with van der Waals surface area (Å²) in [6, 6.07) is 7.77. The molecule has 0 aliphatic rings. The van der Waals surface area contributed by atoms with Gasteiger partial charge in [0, 0.05) is 22.8 Å². The molecule has 0 spiro atoms. The smallest absolute Gasteiger partial charge is 0.157 e. The van der Waals surface area contributed by atoms with Crippen molar-refractivity contribution in [3.8, 4) is 0 Å². The number of nitrogens with one attached hydrogen (secondary N) is 2. The van der Waals surface area contributed by atoms with E-state index in [4.69, 9.17) is 5.73 Å². The number of aldehydes is 1. The number of hydrogen-bond donors (Lipinski definition) is 3. The summed E-state index contributed by atoms with van der Waals surface area (Å²) in [4.78, 5) is 21.9. The fourth-order valence-electron chi connectivity index (χ4n) is 1.89. The molecule has 0 aliphatic carbocycles. The number of aromatic amines is 1. The second-order valence-corrected chi connectivity index (χ2v) is 4.04. The van der Waals surface area contributed by atoms with Gasteiger partial charge < -0.3 is 16.0 Å². The summed E-state index contributed by atoms with van der Waals surface area (Å²) in [5.41, 5.74) is 7.76. The number of nitrogens with two attached hydrogens (primary N) is 1. The van der Waals surface area contributed by atoms with Crippen molar-refractivity contribution >= 4 is 34.5 Å². The van der Waals surface area contributed by atoms with Crippen LogP contribution in [0.3, 0.4) is 0 Å². The minimum Gasteiger partial charge on any atom is -0.383 e. The Morgan fingerprint density at radius 3 is 3.00 bits per heavy atom. The molecular formula is C13H11N5O. The maximum absolute atomic E-state index is 11.0. The number of benzene rings is 1. The molecule has 19 heavy (non-hydrogen) atoms. The summed E-state index contributed by atoms with van der Waals surface area (Å²) in [6.07, 6.45) is 3.83. The zero-order valence-corrected chi connectivity index (χ0v) is 9.92. The fraction of sp³-hybridized carbons (Fsp3) is 0. The topological polar surface area (TPSA) is 96.7 Å². The Bertz CT molecular complexity index is 750. The number of aromatic nitrogens is 3. The van der Waals surface area contributed by atoms with E-state index in [0.29, 0.717) is 12.1 Å². The zero-order valence-electron chi connectivity index (χ0n) is 9.92. The highest BCUT2D eigenvalue weighted by atomic mass is 16.1. The van der Waals surface area contributed by atoms with Gasteiger partial charge in [0.25, 0.3) is 0 Å². The quantitative estimate of drug-likeness (QED) is 0.621. The van der Waals surface area contributed by atoms with E-state index in [9.17, 15) is 4.79 Å². The van der Waals surface area contributed by atoms with Gasteiger partial charge in [-0.1, -0.05) is 0 Å². The highest BCUT2D eigenvalue weighted by Crippen LogP contribution is 2.23. The first kappa shape index (κ1) is 11.2. The summed E-state index contributed by atoms with van der Waals surface area (Å²) < 4.78 is 0. The van der Waals surface area contributed by atoms with Crippen LogP contribution >= 0.6 is 0 Å². The lowest BCUT2D eigenvalue weighted by atomic mass is 10.2. The van der Waals surface area contributed by atoms with E-state index in [1.807, 2.05) is 30.5 Å². The van der Waals surface area contributed by atoms with Crippen LogP contribution in [0.5, 0.6) is 0 Å². The molecule has 6 heteroatoms. The number of nitrogens with zero attached hydrogens (tertiary/aromatic N) is 2. The summed E-state index contributed by atoms with van der Waals surface area (Å²) in [6.45, 7) is 0. The Morgan fingerprint density at radius 2 is 2.16 bits per heavy atom. The van der Waals surface area contributed by atoms with Crippen molar-refractivity contribution in [2.24, 2.45) is 0 Å². The van der Waals surface area contributed by atoms with Crippen molar-refractivity contribution in [3.05, 3.63) is 42.4 Å². The Hall–Kier alpha value is -2.89. The van der Waals surface area contributed by atoms with Gasteiger partial charge in [-0.25, -0.2) is 9.97 Å². The predicted molar refractivity (Wildman–Crippen MR) is 73.4 cm³/mol. The van der Waals surface area contributed by atoms with Crippen LogP contribution in [-0.2, 0) is 0 Å². The molecule has 0 fully saturated rings. The average molecular weight is 253 g/mol. The maximum Gasteiger partial charge on any atom is 0.157 e. The predicted octanol–water partition coefficient (Wildman–Crippen LogP) is 2.10. The molecule has 3 rings (SSSR count). The number of hydrogen-bond acceptors (Lipinski definition) is 5. The number of nitrogen functional groups attached to an aromatic ring is 1.